The number of nitrogens with zero attached hydrogens (tertiary/aromatic N) is 2. The molecule has 3 aromatic rings. The van der Waals surface area contributed by atoms with Crippen molar-refractivity contribution in [2.75, 3.05) is 0 Å². The maximum absolute atomic E-state index is 13.5. The van der Waals surface area contributed by atoms with Crippen molar-refractivity contribution in [3.63, 3.8) is 0 Å². The van der Waals surface area contributed by atoms with Crippen LogP contribution >= 0.6 is 0 Å². The fraction of sp³-hybridized carbons (Fsp3) is 0.400. The number of aliphatic hydroxyl groups is 1. The Morgan fingerprint density at radius 3 is 2.64 bits per heavy atom. The molecule has 2 aromatic heterocycles. The lowest BCUT2D eigenvalue weighted by Crippen LogP contribution is -2.45. The zero-order valence-corrected chi connectivity index (χ0v) is 20.4. The van der Waals surface area contributed by atoms with Crippen molar-refractivity contribution in [1.29, 1.82) is 0 Å². The highest BCUT2D eigenvalue weighted by molar-refractivity contribution is 6.91. The zero-order valence-electron chi connectivity index (χ0n) is 19.4. The summed E-state index contributed by atoms with van der Waals surface area (Å²) < 4.78 is 6.86. The number of carbonyl (C=O) groups excluding carboxylic acids is 1. The first kappa shape index (κ1) is 21.9. The summed E-state index contributed by atoms with van der Waals surface area (Å²) in [4.78, 5) is 30.8. The van der Waals surface area contributed by atoms with Gasteiger partial charge in [0.25, 0.3) is 5.56 Å². The Morgan fingerprint density at radius 2 is 1.94 bits per heavy atom. The van der Waals surface area contributed by atoms with E-state index in [1.807, 2.05) is 6.07 Å². The van der Waals surface area contributed by atoms with Gasteiger partial charge in [0.1, 0.15) is 12.4 Å². The van der Waals surface area contributed by atoms with Gasteiger partial charge in [-0.1, -0.05) is 39.4 Å². The number of benzene rings is 1. The molecule has 0 bridgehead atoms. The van der Waals surface area contributed by atoms with Gasteiger partial charge in [0.2, 0.25) is 0 Å². The number of fused-ring (bicyclic) bond motifs is 5. The van der Waals surface area contributed by atoms with Crippen molar-refractivity contribution in [3.05, 3.63) is 51.3 Å². The van der Waals surface area contributed by atoms with Crippen LogP contribution in [-0.4, -0.2) is 33.8 Å². The van der Waals surface area contributed by atoms with Gasteiger partial charge in [0, 0.05) is 10.9 Å². The molecule has 0 saturated carbocycles. The highest BCUT2D eigenvalue weighted by atomic mass is 28.3. The molecule has 0 spiro atoms. The molecular weight excluding hydrogens is 436 g/mol. The normalized spacial score (nSPS) is 19.2. The van der Waals surface area contributed by atoms with Gasteiger partial charge in [-0.3, -0.25) is 4.79 Å². The molecule has 172 valence electrons. The predicted octanol–water partition coefficient (Wildman–Crippen LogP) is 3.11. The quantitative estimate of drug-likeness (QED) is 0.355. The molecule has 0 radical (unpaired) electrons. The van der Waals surface area contributed by atoms with Gasteiger partial charge in [-0.05, 0) is 41.4 Å². The molecule has 7 nitrogen and oxygen atoms in total. The number of aromatic hydroxyl groups is 1. The summed E-state index contributed by atoms with van der Waals surface area (Å²) in [6.07, 6.45) is 1.15. The summed E-state index contributed by atoms with van der Waals surface area (Å²) in [5.74, 6) is -0.530. The Hall–Kier alpha value is -2.97. The van der Waals surface area contributed by atoms with Gasteiger partial charge >= 0.3 is 5.97 Å². The first-order chi connectivity index (χ1) is 15.6. The lowest BCUT2D eigenvalue weighted by atomic mass is 9.86. The fourth-order valence-corrected chi connectivity index (χ4v) is 9.03. The van der Waals surface area contributed by atoms with Crippen LogP contribution in [0.3, 0.4) is 0 Å². The third-order valence-electron chi connectivity index (χ3n) is 7.22. The van der Waals surface area contributed by atoms with Crippen molar-refractivity contribution in [2.24, 2.45) is 0 Å². The van der Waals surface area contributed by atoms with E-state index in [1.54, 1.807) is 29.7 Å². The molecule has 0 fully saturated rings. The van der Waals surface area contributed by atoms with Gasteiger partial charge in [-0.25, -0.2) is 9.78 Å². The maximum Gasteiger partial charge on any atom is 0.343 e. The third kappa shape index (κ3) is 3.00. The van der Waals surface area contributed by atoms with Crippen LogP contribution in [0.4, 0.5) is 0 Å². The number of rotatable bonds is 4. The van der Waals surface area contributed by atoms with Crippen LogP contribution in [0, 0.1) is 0 Å². The van der Waals surface area contributed by atoms with E-state index >= 15 is 0 Å². The highest BCUT2D eigenvalue weighted by Crippen LogP contribution is 2.39. The SMILES string of the molecule is CCC[Si](C)(C)c1c2c(nc3ccc(O)cc13)-c1cc3c(c(=O)n1C2)COC(=O)[C@]3(O)CC. The molecule has 4 heterocycles. The summed E-state index contributed by atoms with van der Waals surface area (Å²) in [6.45, 7) is 8.74. The molecule has 2 aliphatic heterocycles. The standard InChI is InChI=1S/C25H28N2O5Si/c1-5-9-33(3,4)22-15-10-14(28)7-8-19(15)26-21-16(22)12-27-20(21)11-18-17(23(27)29)13-32-24(30)25(18,31)6-2/h7-8,10-11,28,31H,5-6,9,12-13H2,1-4H3/t25-/m0/s1. The Kier molecular flexibility index (Phi) is 4.81. The van der Waals surface area contributed by atoms with Crippen molar-refractivity contribution in [2.45, 2.75) is 64.6 Å². The second kappa shape index (κ2) is 7.26. The number of hydrogen-bond donors (Lipinski definition) is 2. The van der Waals surface area contributed by atoms with Crippen molar-refractivity contribution in [1.82, 2.24) is 9.55 Å². The van der Waals surface area contributed by atoms with Crippen molar-refractivity contribution < 1.29 is 19.7 Å². The molecule has 2 aliphatic rings. The minimum atomic E-state index is -1.95. The number of hydrogen-bond acceptors (Lipinski definition) is 6. The Bertz CT molecular complexity index is 1390. The van der Waals surface area contributed by atoms with Gasteiger partial charge in [0.15, 0.2) is 5.60 Å². The number of esters is 1. The predicted molar refractivity (Wildman–Crippen MR) is 128 cm³/mol. The molecule has 8 heteroatoms. The molecule has 0 unspecified atom stereocenters. The first-order valence-corrected chi connectivity index (χ1v) is 14.7. The summed E-state index contributed by atoms with van der Waals surface area (Å²) in [5, 5.41) is 23.5. The monoisotopic (exact) mass is 464 g/mol. The van der Waals surface area contributed by atoms with E-state index in [2.05, 4.69) is 20.0 Å². The van der Waals surface area contributed by atoms with Crippen molar-refractivity contribution in [3.8, 4) is 17.1 Å². The molecular formula is C25H28N2O5Si. The average Bonchev–Trinajstić information content (AvgIpc) is 3.13. The fourth-order valence-electron chi connectivity index (χ4n) is 5.59. The molecule has 2 N–H and O–H groups in total. The lowest BCUT2D eigenvalue weighted by Gasteiger charge is -2.31. The molecule has 33 heavy (non-hydrogen) atoms. The second-order valence-corrected chi connectivity index (χ2v) is 14.5. The van der Waals surface area contributed by atoms with Gasteiger partial charge in [-0.15, -0.1) is 0 Å². The van der Waals surface area contributed by atoms with Crippen LogP contribution in [0.2, 0.25) is 19.1 Å². The smallest absolute Gasteiger partial charge is 0.343 e. The summed E-state index contributed by atoms with van der Waals surface area (Å²) in [6, 6.07) is 8.03. The van der Waals surface area contributed by atoms with Crippen LogP contribution in [0.25, 0.3) is 22.3 Å². The Morgan fingerprint density at radius 1 is 1.18 bits per heavy atom. The zero-order chi connectivity index (χ0) is 23.7. The molecule has 0 saturated heterocycles. The van der Waals surface area contributed by atoms with E-state index in [1.165, 1.54) is 5.19 Å². The van der Waals surface area contributed by atoms with E-state index in [4.69, 9.17) is 9.72 Å². The summed E-state index contributed by atoms with van der Waals surface area (Å²) in [5.41, 5.74) is 1.66. The molecule has 0 aliphatic carbocycles. The topological polar surface area (TPSA) is 102 Å². The van der Waals surface area contributed by atoms with Crippen LogP contribution in [0.5, 0.6) is 5.75 Å². The molecule has 5 rings (SSSR count). The van der Waals surface area contributed by atoms with Gasteiger partial charge in [-0.2, -0.15) is 0 Å². The number of carbonyl (C=O) groups is 1. The Labute approximate surface area is 192 Å². The maximum atomic E-state index is 13.5. The largest absolute Gasteiger partial charge is 0.508 e. The summed E-state index contributed by atoms with van der Waals surface area (Å²) >= 11 is 0. The third-order valence-corrected chi connectivity index (χ3v) is 10.9. The number of phenolic OH excluding ortho intramolecular Hbond substituents is 1. The number of ether oxygens (including phenoxy) is 1. The highest BCUT2D eigenvalue weighted by Gasteiger charge is 2.45. The number of aromatic nitrogens is 2. The minimum Gasteiger partial charge on any atom is -0.508 e. The number of pyridine rings is 2. The van der Waals surface area contributed by atoms with Crippen LogP contribution in [-0.2, 0) is 28.3 Å². The minimum absolute atomic E-state index is 0.112. The second-order valence-electron chi connectivity index (χ2n) is 9.75. The number of cyclic esters (lactones) is 1. The van der Waals surface area contributed by atoms with E-state index in [9.17, 15) is 19.8 Å². The van der Waals surface area contributed by atoms with E-state index in [0.717, 1.165) is 34.6 Å². The van der Waals surface area contributed by atoms with Crippen molar-refractivity contribution >= 4 is 30.1 Å². The van der Waals surface area contributed by atoms with Gasteiger partial charge in [0.05, 0.1) is 37.1 Å². The molecule has 0 amide bonds. The van der Waals surface area contributed by atoms with E-state index in [0.29, 0.717) is 23.4 Å². The lowest BCUT2D eigenvalue weighted by molar-refractivity contribution is -0.172. The molecule has 1 aromatic carbocycles. The van der Waals surface area contributed by atoms with E-state index in [-0.39, 0.29) is 24.3 Å². The van der Waals surface area contributed by atoms with Crippen LogP contribution in [0.15, 0.2) is 29.1 Å². The number of phenols is 1. The van der Waals surface area contributed by atoms with Crippen LogP contribution < -0.4 is 10.7 Å². The van der Waals surface area contributed by atoms with Gasteiger partial charge < -0.3 is 19.5 Å². The van der Waals surface area contributed by atoms with E-state index < -0.39 is 19.6 Å². The first-order valence-electron chi connectivity index (χ1n) is 11.5. The Balaban J connectivity index is 1.85. The summed E-state index contributed by atoms with van der Waals surface area (Å²) in [7, 11) is -1.95. The average molecular weight is 465 g/mol. The van der Waals surface area contributed by atoms with Crippen LogP contribution in [0.1, 0.15) is 43.4 Å². The molecule has 1 atom stereocenters.